The third-order valence-corrected chi connectivity index (χ3v) is 5.12. The zero-order valence-corrected chi connectivity index (χ0v) is 17.7. The molecule has 0 spiro atoms. The van der Waals surface area contributed by atoms with Crippen LogP contribution in [0, 0.1) is 6.92 Å². The van der Waals surface area contributed by atoms with Crippen molar-refractivity contribution < 1.29 is 14.7 Å². The highest BCUT2D eigenvalue weighted by Gasteiger charge is 2.18. The topological polar surface area (TPSA) is 83.7 Å². The fourth-order valence-electron chi connectivity index (χ4n) is 3.21. The maximum absolute atomic E-state index is 12.5. The Morgan fingerprint density at radius 3 is 2.32 bits per heavy atom. The minimum Gasteiger partial charge on any atom is -0.481 e. The van der Waals surface area contributed by atoms with E-state index in [0.29, 0.717) is 33.6 Å². The summed E-state index contributed by atoms with van der Waals surface area (Å²) in [6, 6.07) is 1.61. The first kappa shape index (κ1) is 22.5. The number of rotatable bonds is 12. The number of unbranched alkanes of at least 4 members (excludes halogenated alkanes) is 7. The van der Waals surface area contributed by atoms with Crippen molar-refractivity contribution in [3.05, 3.63) is 33.7 Å². The standard InChI is InChI=1S/C20H27Cl2N3O3/c1-14-18(25-13-15(21)12-16(22)19(25)24-14)20(28)23-11-9-7-5-3-2-4-6-8-10-17(26)27/h12-13H,2-11H2,1H3,(H,23,28)(H,26,27). The van der Waals surface area contributed by atoms with Crippen LogP contribution in [0.3, 0.4) is 0 Å². The van der Waals surface area contributed by atoms with E-state index in [2.05, 4.69) is 10.3 Å². The third-order valence-electron chi connectivity index (χ3n) is 4.63. The first-order valence-corrected chi connectivity index (χ1v) is 10.5. The largest absolute Gasteiger partial charge is 0.481 e. The van der Waals surface area contributed by atoms with Gasteiger partial charge < -0.3 is 10.4 Å². The van der Waals surface area contributed by atoms with Crippen LogP contribution in [0.4, 0.5) is 0 Å². The summed E-state index contributed by atoms with van der Waals surface area (Å²) in [7, 11) is 0. The number of fused-ring (bicyclic) bond motifs is 1. The number of amides is 1. The smallest absolute Gasteiger partial charge is 0.303 e. The van der Waals surface area contributed by atoms with Gasteiger partial charge in [0, 0.05) is 19.2 Å². The zero-order valence-electron chi connectivity index (χ0n) is 16.1. The van der Waals surface area contributed by atoms with E-state index < -0.39 is 5.97 Å². The molecule has 0 atom stereocenters. The molecule has 0 saturated carbocycles. The van der Waals surface area contributed by atoms with Gasteiger partial charge in [0.1, 0.15) is 5.69 Å². The molecule has 0 aliphatic heterocycles. The van der Waals surface area contributed by atoms with Crippen LogP contribution in [0.25, 0.3) is 5.65 Å². The number of carboxylic acid groups (broad SMARTS) is 1. The summed E-state index contributed by atoms with van der Waals surface area (Å²) in [4.78, 5) is 27.3. The second kappa shape index (κ2) is 11.3. The molecule has 0 saturated heterocycles. The molecule has 2 heterocycles. The summed E-state index contributed by atoms with van der Waals surface area (Å²) in [5, 5.41) is 12.4. The monoisotopic (exact) mass is 427 g/mol. The predicted octanol–water partition coefficient (Wildman–Crippen LogP) is 5.27. The molecule has 8 heteroatoms. The summed E-state index contributed by atoms with van der Waals surface area (Å²) in [5.41, 5.74) is 1.60. The molecule has 2 aromatic rings. The van der Waals surface area contributed by atoms with Crippen LogP contribution in [0.5, 0.6) is 0 Å². The van der Waals surface area contributed by atoms with Crippen molar-refractivity contribution in [1.82, 2.24) is 14.7 Å². The number of carboxylic acids is 1. The van der Waals surface area contributed by atoms with Gasteiger partial charge in [0.25, 0.3) is 5.91 Å². The van der Waals surface area contributed by atoms with E-state index in [1.54, 1.807) is 23.6 Å². The van der Waals surface area contributed by atoms with Crippen molar-refractivity contribution in [2.24, 2.45) is 0 Å². The number of aromatic nitrogens is 2. The Balaban J connectivity index is 1.66. The minimum absolute atomic E-state index is 0.179. The van der Waals surface area contributed by atoms with Crippen molar-refractivity contribution in [2.45, 2.75) is 64.7 Å². The van der Waals surface area contributed by atoms with Gasteiger partial charge in [-0.1, -0.05) is 61.7 Å². The molecule has 1 amide bonds. The van der Waals surface area contributed by atoms with Gasteiger partial charge in [-0.05, 0) is 25.8 Å². The Morgan fingerprint density at radius 2 is 1.68 bits per heavy atom. The second-order valence-electron chi connectivity index (χ2n) is 6.97. The van der Waals surface area contributed by atoms with Crippen LogP contribution in [-0.2, 0) is 4.79 Å². The molecule has 2 N–H and O–H groups in total. The minimum atomic E-state index is -0.715. The first-order valence-electron chi connectivity index (χ1n) is 9.74. The Labute approximate surface area is 175 Å². The van der Waals surface area contributed by atoms with E-state index in [9.17, 15) is 9.59 Å². The van der Waals surface area contributed by atoms with Gasteiger partial charge in [-0.25, -0.2) is 4.98 Å². The molecule has 2 aromatic heterocycles. The zero-order chi connectivity index (χ0) is 20.5. The third kappa shape index (κ3) is 6.67. The maximum atomic E-state index is 12.5. The number of carbonyl (C=O) groups excluding carboxylic acids is 1. The molecule has 0 fully saturated rings. The van der Waals surface area contributed by atoms with E-state index in [-0.39, 0.29) is 12.3 Å². The molecular weight excluding hydrogens is 401 g/mol. The lowest BCUT2D eigenvalue weighted by Crippen LogP contribution is -2.26. The normalized spacial score (nSPS) is 11.1. The second-order valence-corrected chi connectivity index (χ2v) is 7.82. The Kier molecular flexibility index (Phi) is 9.06. The van der Waals surface area contributed by atoms with E-state index in [1.165, 1.54) is 0 Å². The van der Waals surface area contributed by atoms with Gasteiger partial charge in [0.15, 0.2) is 5.65 Å². The summed E-state index contributed by atoms with van der Waals surface area (Å²) in [6.07, 6.45) is 10.1. The fraction of sp³-hybridized carbons (Fsp3) is 0.550. The number of pyridine rings is 1. The Morgan fingerprint density at radius 1 is 1.07 bits per heavy atom. The number of nitrogens with one attached hydrogen (secondary N) is 1. The molecule has 154 valence electrons. The van der Waals surface area contributed by atoms with E-state index >= 15 is 0 Å². The van der Waals surface area contributed by atoms with Crippen LogP contribution in [0.1, 0.15) is 74.0 Å². The maximum Gasteiger partial charge on any atom is 0.303 e. The molecular formula is C20H27Cl2N3O3. The van der Waals surface area contributed by atoms with Gasteiger partial charge in [-0.3, -0.25) is 14.0 Å². The van der Waals surface area contributed by atoms with Crippen molar-refractivity contribution in [1.29, 1.82) is 0 Å². The van der Waals surface area contributed by atoms with E-state index in [0.717, 1.165) is 51.4 Å². The first-order chi connectivity index (χ1) is 13.4. The van der Waals surface area contributed by atoms with Crippen LogP contribution in [-0.4, -0.2) is 32.9 Å². The van der Waals surface area contributed by atoms with Crippen LogP contribution >= 0.6 is 23.2 Å². The molecule has 0 aromatic carbocycles. The number of aliphatic carboxylic acids is 1. The quantitative estimate of drug-likeness (QED) is 0.451. The average molecular weight is 428 g/mol. The van der Waals surface area contributed by atoms with Gasteiger partial charge in [-0.2, -0.15) is 0 Å². The van der Waals surface area contributed by atoms with Gasteiger partial charge >= 0.3 is 5.97 Å². The molecule has 0 aliphatic rings. The number of hydrogen-bond donors (Lipinski definition) is 2. The summed E-state index contributed by atoms with van der Waals surface area (Å²) < 4.78 is 1.64. The van der Waals surface area contributed by atoms with Crippen molar-refractivity contribution in [3.8, 4) is 0 Å². The van der Waals surface area contributed by atoms with Gasteiger partial charge in [0.05, 0.1) is 15.7 Å². The Bertz CT molecular complexity index is 821. The van der Waals surface area contributed by atoms with Crippen LogP contribution < -0.4 is 5.32 Å². The summed E-state index contributed by atoms with van der Waals surface area (Å²) in [6.45, 7) is 2.39. The van der Waals surface area contributed by atoms with E-state index in [4.69, 9.17) is 28.3 Å². The molecule has 28 heavy (non-hydrogen) atoms. The summed E-state index contributed by atoms with van der Waals surface area (Å²) >= 11 is 12.2. The number of carbonyl (C=O) groups is 2. The SMILES string of the molecule is Cc1nc2c(Cl)cc(Cl)cn2c1C(=O)NCCCCCCCCCCC(=O)O. The number of aryl methyl sites for hydroxylation is 1. The lowest BCUT2D eigenvalue weighted by atomic mass is 10.1. The fourth-order valence-corrected chi connectivity index (χ4v) is 3.72. The van der Waals surface area contributed by atoms with Crippen molar-refractivity contribution in [3.63, 3.8) is 0 Å². The molecule has 2 rings (SSSR count). The molecule has 0 unspecified atom stereocenters. The highest BCUT2D eigenvalue weighted by Crippen LogP contribution is 2.24. The molecule has 0 bridgehead atoms. The molecule has 0 radical (unpaired) electrons. The number of nitrogens with zero attached hydrogens (tertiary/aromatic N) is 2. The lowest BCUT2D eigenvalue weighted by molar-refractivity contribution is -0.137. The number of halogens is 2. The average Bonchev–Trinajstić information content (AvgIpc) is 2.95. The van der Waals surface area contributed by atoms with Crippen molar-refractivity contribution >= 4 is 40.7 Å². The summed E-state index contributed by atoms with van der Waals surface area (Å²) in [5.74, 6) is -0.894. The highest BCUT2D eigenvalue weighted by molar-refractivity contribution is 6.36. The Hall–Kier alpha value is -1.79. The number of imidazole rings is 1. The van der Waals surface area contributed by atoms with Gasteiger partial charge in [-0.15, -0.1) is 0 Å². The van der Waals surface area contributed by atoms with Crippen LogP contribution in [0.2, 0.25) is 10.0 Å². The molecule has 6 nitrogen and oxygen atoms in total. The predicted molar refractivity (Wildman–Crippen MR) is 111 cm³/mol. The number of hydrogen-bond acceptors (Lipinski definition) is 3. The van der Waals surface area contributed by atoms with Gasteiger partial charge in [0.2, 0.25) is 0 Å². The van der Waals surface area contributed by atoms with E-state index in [1.807, 2.05) is 0 Å². The lowest BCUT2D eigenvalue weighted by Gasteiger charge is -2.07. The van der Waals surface area contributed by atoms with Crippen molar-refractivity contribution in [2.75, 3.05) is 6.54 Å². The molecule has 0 aliphatic carbocycles. The highest BCUT2D eigenvalue weighted by atomic mass is 35.5. The van der Waals surface area contributed by atoms with Crippen LogP contribution in [0.15, 0.2) is 12.3 Å².